The van der Waals surface area contributed by atoms with E-state index < -0.39 is 0 Å². The molecule has 1 heterocycles. The Morgan fingerprint density at radius 2 is 2.00 bits per heavy atom. The van der Waals surface area contributed by atoms with E-state index >= 15 is 0 Å². The number of aromatic nitrogens is 3. The normalized spacial score (nSPS) is 11.9. The molecule has 0 aliphatic rings. The summed E-state index contributed by atoms with van der Waals surface area (Å²) in [6, 6.07) is 7.38. The van der Waals surface area contributed by atoms with Crippen molar-refractivity contribution >= 4 is 11.9 Å². The minimum absolute atomic E-state index is 0.205. The van der Waals surface area contributed by atoms with Crippen LogP contribution in [0.1, 0.15) is 29.1 Å². The summed E-state index contributed by atoms with van der Waals surface area (Å²) in [4.78, 5) is 14.2. The van der Waals surface area contributed by atoms with Crippen LogP contribution in [0, 0.1) is 0 Å². The lowest BCUT2D eigenvalue weighted by Gasteiger charge is -2.17. The first-order chi connectivity index (χ1) is 10.5. The van der Waals surface area contributed by atoms with Gasteiger partial charge in [-0.05, 0) is 13.0 Å². The van der Waals surface area contributed by atoms with Crippen LogP contribution in [0.15, 0.2) is 24.3 Å². The van der Waals surface area contributed by atoms with Crippen molar-refractivity contribution in [3.63, 3.8) is 0 Å². The second kappa shape index (κ2) is 6.46. The van der Waals surface area contributed by atoms with Crippen molar-refractivity contribution in [2.24, 2.45) is 7.05 Å². The number of ether oxygens (including phenoxy) is 1. The van der Waals surface area contributed by atoms with Crippen molar-refractivity contribution < 1.29 is 9.53 Å². The maximum Gasteiger partial charge on any atom is 0.289 e. The van der Waals surface area contributed by atoms with Crippen molar-refractivity contribution in [2.75, 3.05) is 26.1 Å². The molecule has 22 heavy (non-hydrogen) atoms. The SMILES string of the molecule is COc1ccccc1C(C)NC(=O)c1nnc(N(C)C)n1C. The first kappa shape index (κ1) is 15.8. The predicted molar refractivity (Wildman–Crippen MR) is 84.2 cm³/mol. The lowest BCUT2D eigenvalue weighted by Crippen LogP contribution is -2.29. The van der Waals surface area contributed by atoms with Crippen molar-refractivity contribution in [2.45, 2.75) is 13.0 Å². The van der Waals surface area contributed by atoms with Crippen LogP contribution in [-0.4, -0.2) is 41.9 Å². The quantitative estimate of drug-likeness (QED) is 0.903. The standard InChI is InChI=1S/C15H21N5O2/c1-10(11-8-6-7-9-12(11)22-5)16-14(21)13-17-18-15(19(2)3)20(13)4/h6-10H,1-5H3,(H,16,21). The molecule has 0 bridgehead atoms. The molecule has 1 aromatic carbocycles. The highest BCUT2D eigenvalue weighted by Crippen LogP contribution is 2.24. The second-order valence-electron chi connectivity index (χ2n) is 5.21. The van der Waals surface area contributed by atoms with Gasteiger partial charge >= 0.3 is 0 Å². The number of anilines is 1. The highest BCUT2D eigenvalue weighted by atomic mass is 16.5. The number of methoxy groups -OCH3 is 1. The molecule has 0 aliphatic heterocycles. The van der Waals surface area contributed by atoms with E-state index in [1.54, 1.807) is 23.6 Å². The third-order valence-corrected chi connectivity index (χ3v) is 3.41. The molecule has 1 atom stereocenters. The Balaban J connectivity index is 2.18. The van der Waals surface area contributed by atoms with Gasteiger partial charge in [-0.1, -0.05) is 18.2 Å². The van der Waals surface area contributed by atoms with Crippen LogP contribution >= 0.6 is 0 Å². The molecule has 2 aromatic rings. The molecule has 1 amide bonds. The molecule has 1 aromatic heterocycles. The topological polar surface area (TPSA) is 72.3 Å². The van der Waals surface area contributed by atoms with Crippen molar-refractivity contribution in [3.8, 4) is 5.75 Å². The Labute approximate surface area is 129 Å². The van der Waals surface area contributed by atoms with E-state index in [0.717, 1.165) is 11.3 Å². The van der Waals surface area contributed by atoms with Gasteiger partial charge in [0.05, 0.1) is 13.2 Å². The molecule has 118 valence electrons. The van der Waals surface area contributed by atoms with Gasteiger partial charge in [-0.15, -0.1) is 10.2 Å². The second-order valence-corrected chi connectivity index (χ2v) is 5.21. The summed E-state index contributed by atoms with van der Waals surface area (Å²) in [5.74, 6) is 1.35. The number of benzene rings is 1. The van der Waals surface area contributed by atoms with E-state index in [1.807, 2.05) is 45.3 Å². The van der Waals surface area contributed by atoms with Crippen LogP contribution in [0.5, 0.6) is 5.75 Å². The van der Waals surface area contributed by atoms with E-state index in [2.05, 4.69) is 15.5 Å². The van der Waals surface area contributed by atoms with Crippen LogP contribution in [0.2, 0.25) is 0 Å². The Kier molecular flexibility index (Phi) is 4.65. The van der Waals surface area contributed by atoms with Gasteiger partial charge in [-0.3, -0.25) is 9.36 Å². The van der Waals surface area contributed by atoms with Crippen LogP contribution < -0.4 is 15.0 Å². The molecule has 1 unspecified atom stereocenters. The smallest absolute Gasteiger partial charge is 0.289 e. The number of hydrogen-bond donors (Lipinski definition) is 1. The van der Waals surface area contributed by atoms with Crippen LogP contribution in [-0.2, 0) is 7.05 Å². The van der Waals surface area contributed by atoms with Gasteiger partial charge in [0.25, 0.3) is 5.91 Å². The molecule has 1 N–H and O–H groups in total. The van der Waals surface area contributed by atoms with Gasteiger partial charge in [-0.2, -0.15) is 0 Å². The first-order valence-electron chi connectivity index (χ1n) is 6.96. The zero-order valence-corrected chi connectivity index (χ0v) is 13.5. The molecule has 7 heteroatoms. The van der Waals surface area contributed by atoms with Gasteiger partial charge in [0, 0.05) is 26.7 Å². The molecule has 0 aliphatic carbocycles. The molecular formula is C15H21N5O2. The number of carbonyl (C=O) groups is 1. The number of carbonyl (C=O) groups excluding carboxylic acids is 1. The van der Waals surface area contributed by atoms with Crippen molar-refractivity contribution in [1.29, 1.82) is 0 Å². The molecule has 7 nitrogen and oxygen atoms in total. The summed E-state index contributed by atoms with van der Waals surface area (Å²) in [5.41, 5.74) is 0.911. The Hall–Kier alpha value is -2.57. The summed E-state index contributed by atoms with van der Waals surface area (Å²) < 4.78 is 6.98. The van der Waals surface area contributed by atoms with Gasteiger partial charge < -0.3 is 15.0 Å². The van der Waals surface area contributed by atoms with Gasteiger partial charge in [0.15, 0.2) is 0 Å². The summed E-state index contributed by atoms with van der Waals surface area (Å²) in [5, 5.41) is 10.9. The average Bonchev–Trinajstić information content (AvgIpc) is 2.89. The van der Waals surface area contributed by atoms with Crippen LogP contribution in [0.3, 0.4) is 0 Å². The molecule has 2 rings (SSSR count). The zero-order valence-electron chi connectivity index (χ0n) is 13.5. The average molecular weight is 303 g/mol. The minimum Gasteiger partial charge on any atom is -0.496 e. The predicted octanol–water partition coefficient (Wildman–Crippen LogP) is 1.38. The maximum absolute atomic E-state index is 12.4. The molecule has 0 fully saturated rings. The van der Waals surface area contributed by atoms with Gasteiger partial charge in [0.1, 0.15) is 5.75 Å². The summed E-state index contributed by atoms with van der Waals surface area (Å²) in [6.45, 7) is 1.90. The van der Waals surface area contributed by atoms with E-state index in [0.29, 0.717) is 5.95 Å². The van der Waals surface area contributed by atoms with Crippen LogP contribution in [0.4, 0.5) is 5.95 Å². The fraction of sp³-hybridized carbons (Fsp3) is 0.400. The first-order valence-corrected chi connectivity index (χ1v) is 6.96. The van der Waals surface area contributed by atoms with E-state index in [9.17, 15) is 4.79 Å². The molecule has 0 saturated carbocycles. The Morgan fingerprint density at radius 1 is 1.32 bits per heavy atom. The van der Waals surface area contributed by atoms with Crippen LogP contribution in [0.25, 0.3) is 0 Å². The van der Waals surface area contributed by atoms with Gasteiger partial charge in [-0.25, -0.2) is 0 Å². The number of amides is 1. The lowest BCUT2D eigenvalue weighted by molar-refractivity contribution is 0.0925. The molecule has 0 spiro atoms. The monoisotopic (exact) mass is 303 g/mol. The number of hydrogen-bond acceptors (Lipinski definition) is 5. The Morgan fingerprint density at radius 3 is 2.59 bits per heavy atom. The lowest BCUT2D eigenvalue weighted by atomic mass is 10.1. The summed E-state index contributed by atoms with van der Waals surface area (Å²) in [7, 11) is 7.07. The van der Waals surface area contributed by atoms with Gasteiger partial charge in [0.2, 0.25) is 11.8 Å². The maximum atomic E-state index is 12.4. The largest absolute Gasteiger partial charge is 0.496 e. The van der Waals surface area contributed by atoms with Crippen molar-refractivity contribution in [1.82, 2.24) is 20.1 Å². The molecule has 0 radical (unpaired) electrons. The van der Waals surface area contributed by atoms with E-state index in [1.165, 1.54) is 0 Å². The van der Waals surface area contributed by atoms with E-state index in [-0.39, 0.29) is 17.8 Å². The Bertz CT molecular complexity index is 666. The fourth-order valence-electron chi connectivity index (χ4n) is 2.27. The number of para-hydroxylation sites is 1. The fourth-order valence-corrected chi connectivity index (χ4v) is 2.27. The molecular weight excluding hydrogens is 282 g/mol. The number of rotatable bonds is 5. The minimum atomic E-state index is -0.276. The number of nitrogens with zero attached hydrogens (tertiary/aromatic N) is 4. The third-order valence-electron chi connectivity index (χ3n) is 3.41. The number of nitrogens with one attached hydrogen (secondary N) is 1. The summed E-state index contributed by atoms with van der Waals surface area (Å²) in [6.07, 6.45) is 0. The zero-order chi connectivity index (χ0) is 16.3. The van der Waals surface area contributed by atoms with E-state index in [4.69, 9.17) is 4.74 Å². The highest BCUT2D eigenvalue weighted by Gasteiger charge is 2.20. The summed E-state index contributed by atoms with van der Waals surface area (Å²) >= 11 is 0. The van der Waals surface area contributed by atoms with Crippen molar-refractivity contribution in [3.05, 3.63) is 35.7 Å². The molecule has 0 saturated heterocycles. The third kappa shape index (κ3) is 3.03. The highest BCUT2D eigenvalue weighted by molar-refractivity contribution is 5.91.